The SMILES string of the molecule is O=CO[C@H]1NC[C@H](O)[C@H]1Oc1ccccc1. The summed E-state index contributed by atoms with van der Waals surface area (Å²) < 4.78 is 10.3. The average Bonchev–Trinajstić information content (AvgIpc) is 2.64. The van der Waals surface area contributed by atoms with Crippen molar-refractivity contribution in [2.45, 2.75) is 18.4 Å². The molecule has 1 aliphatic heterocycles. The molecular weight excluding hydrogens is 210 g/mol. The molecule has 2 rings (SSSR count). The van der Waals surface area contributed by atoms with Gasteiger partial charge in [-0.25, -0.2) is 0 Å². The van der Waals surface area contributed by atoms with E-state index in [0.29, 0.717) is 18.8 Å². The number of nitrogens with one attached hydrogen (secondary N) is 1. The fraction of sp³-hybridized carbons (Fsp3) is 0.364. The quantitative estimate of drug-likeness (QED) is 0.697. The number of hydrogen-bond acceptors (Lipinski definition) is 5. The van der Waals surface area contributed by atoms with E-state index in [1.54, 1.807) is 12.1 Å². The predicted octanol–water partition coefficient (Wildman–Crippen LogP) is -0.103. The van der Waals surface area contributed by atoms with Crippen LogP contribution in [0.4, 0.5) is 0 Å². The van der Waals surface area contributed by atoms with Crippen LogP contribution in [0.25, 0.3) is 0 Å². The summed E-state index contributed by atoms with van der Waals surface area (Å²) in [7, 11) is 0. The molecule has 0 spiro atoms. The number of carbonyl (C=O) groups is 1. The minimum absolute atomic E-state index is 0.343. The van der Waals surface area contributed by atoms with E-state index < -0.39 is 18.4 Å². The lowest BCUT2D eigenvalue weighted by Gasteiger charge is -2.21. The highest BCUT2D eigenvalue weighted by Gasteiger charge is 2.38. The first-order valence-electron chi connectivity index (χ1n) is 5.03. The molecule has 5 heteroatoms. The molecule has 1 heterocycles. The van der Waals surface area contributed by atoms with Gasteiger partial charge in [-0.15, -0.1) is 0 Å². The molecule has 1 aromatic rings. The first-order valence-corrected chi connectivity index (χ1v) is 5.03. The zero-order valence-electron chi connectivity index (χ0n) is 8.58. The molecule has 16 heavy (non-hydrogen) atoms. The molecular formula is C11H13NO4. The Morgan fingerprint density at radius 1 is 1.38 bits per heavy atom. The highest BCUT2D eigenvalue weighted by Crippen LogP contribution is 2.18. The van der Waals surface area contributed by atoms with Crippen LogP contribution in [0.15, 0.2) is 30.3 Å². The fourth-order valence-electron chi connectivity index (χ4n) is 1.65. The summed E-state index contributed by atoms with van der Waals surface area (Å²) >= 11 is 0. The van der Waals surface area contributed by atoms with Crippen molar-refractivity contribution in [1.82, 2.24) is 5.32 Å². The molecule has 2 N–H and O–H groups in total. The minimum atomic E-state index is -0.690. The first-order chi connectivity index (χ1) is 7.81. The Balaban J connectivity index is 2.04. The van der Waals surface area contributed by atoms with E-state index in [1.807, 2.05) is 18.2 Å². The van der Waals surface area contributed by atoms with Gasteiger partial charge in [0, 0.05) is 6.54 Å². The summed E-state index contributed by atoms with van der Waals surface area (Å²) in [6.45, 7) is 0.688. The predicted molar refractivity (Wildman–Crippen MR) is 55.8 cm³/mol. The molecule has 0 radical (unpaired) electrons. The summed E-state index contributed by atoms with van der Waals surface area (Å²) in [6.07, 6.45) is -1.87. The number of aliphatic hydroxyl groups excluding tert-OH is 1. The third kappa shape index (κ3) is 2.32. The summed E-state index contributed by atoms with van der Waals surface area (Å²) in [5, 5.41) is 12.5. The summed E-state index contributed by atoms with van der Waals surface area (Å²) in [4.78, 5) is 10.3. The molecule has 0 unspecified atom stereocenters. The van der Waals surface area contributed by atoms with Gasteiger partial charge in [0.2, 0.25) is 0 Å². The maximum absolute atomic E-state index is 10.3. The monoisotopic (exact) mass is 223 g/mol. The van der Waals surface area contributed by atoms with Crippen molar-refractivity contribution in [3.8, 4) is 5.75 Å². The lowest BCUT2D eigenvalue weighted by molar-refractivity contribution is -0.139. The molecule has 0 bridgehead atoms. The van der Waals surface area contributed by atoms with Gasteiger partial charge in [0.05, 0.1) is 0 Å². The van der Waals surface area contributed by atoms with E-state index in [0.717, 1.165) is 0 Å². The van der Waals surface area contributed by atoms with Gasteiger partial charge in [-0.3, -0.25) is 10.1 Å². The Bertz CT molecular complexity index is 343. The van der Waals surface area contributed by atoms with E-state index in [-0.39, 0.29) is 0 Å². The van der Waals surface area contributed by atoms with Crippen LogP contribution < -0.4 is 10.1 Å². The van der Waals surface area contributed by atoms with E-state index in [4.69, 9.17) is 9.47 Å². The number of benzene rings is 1. The maximum Gasteiger partial charge on any atom is 0.294 e. The van der Waals surface area contributed by atoms with Crippen molar-refractivity contribution in [2.24, 2.45) is 0 Å². The van der Waals surface area contributed by atoms with Crippen molar-refractivity contribution in [3.05, 3.63) is 30.3 Å². The number of rotatable bonds is 4. The smallest absolute Gasteiger partial charge is 0.294 e. The van der Waals surface area contributed by atoms with Crippen LogP contribution in [0.5, 0.6) is 5.75 Å². The Morgan fingerprint density at radius 3 is 2.81 bits per heavy atom. The van der Waals surface area contributed by atoms with Crippen LogP contribution in [0.3, 0.4) is 0 Å². The number of aliphatic hydroxyl groups is 1. The zero-order chi connectivity index (χ0) is 11.4. The molecule has 3 atom stereocenters. The minimum Gasteiger partial charge on any atom is -0.482 e. The number of β-amino-alcohol motifs (C(OH)–C–C–N with tert-alkyl or cyclic N) is 1. The van der Waals surface area contributed by atoms with Crippen LogP contribution in [-0.4, -0.2) is 36.6 Å². The fourth-order valence-corrected chi connectivity index (χ4v) is 1.65. The molecule has 5 nitrogen and oxygen atoms in total. The third-order valence-electron chi connectivity index (χ3n) is 2.42. The molecule has 1 saturated heterocycles. The van der Waals surface area contributed by atoms with Crippen LogP contribution in [-0.2, 0) is 9.53 Å². The molecule has 0 aliphatic carbocycles. The van der Waals surface area contributed by atoms with Crippen LogP contribution in [0.2, 0.25) is 0 Å². The van der Waals surface area contributed by atoms with E-state index in [1.165, 1.54) is 0 Å². The summed E-state index contributed by atoms with van der Waals surface area (Å²) in [5.41, 5.74) is 0. The number of ether oxygens (including phenoxy) is 2. The third-order valence-corrected chi connectivity index (χ3v) is 2.42. The van der Waals surface area contributed by atoms with Gasteiger partial charge in [-0.1, -0.05) is 18.2 Å². The number of para-hydroxylation sites is 1. The van der Waals surface area contributed by atoms with Crippen LogP contribution in [0, 0.1) is 0 Å². The second-order valence-electron chi connectivity index (χ2n) is 3.52. The Kier molecular flexibility index (Phi) is 3.38. The van der Waals surface area contributed by atoms with Gasteiger partial charge >= 0.3 is 0 Å². The molecule has 1 aliphatic rings. The number of carbonyl (C=O) groups excluding carboxylic acids is 1. The topological polar surface area (TPSA) is 67.8 Å². The first kappa shape index (κ1) is 10.9. The van der Waals surface area contributed by atoms with E-state index in [9.17, 15) is 9.90 Å². The van der Waals surface area contributed by atoms with E-state index >= 15 is 0 Å². The van der Waals surface area contributed by atoms with Gasteiger partial charge < -0.3 is 14.6 Å². The van der Waals surface area contributed by atoms with Crippen molar-refractivity contribution in [3.63, 3.8) is 0 Å². The molecule has 1 aromatic carbocycles. The number of hydrogen-bond donors (Lipinski definition) is 2. The molecule has 86 valence electrons. The average molecular weight is 223 g/mol. The van der Waals surface area contributed by atoms with Gasteiger partial charge in [-0.2, -0.15) is 0 Å². The molecule has 0 saturated carbocycles. The van der Waals surface area contributed by atoms with E-state index in [2.05, 4.69) is 5.32 Å². The van der Waals surface area contributed by atoms with Gasteiger partial charge in [0.15, 0.2) is 12.3 Å². The second-order valence-corrected chi connectivity index (χ2v) is 3.52. The van der Waals surface area contributed by atoms with Crippen molar-refractivity contribution in [1.29, 1.82) is 0 Å². The highest BCUT2D eigenvalue weighted by molar-refractivity contribution is 5.37. The van der Waals surface area contributed by atoms with Crippen LogP contribution >= 0.6 is 0 Å². The lowest BCUT2D eigenvalue weighted by Crippen LogP contribution is -2.39. The normalized spacial score (nSPS) is 28.7. The Morgan fingerprint density at radius 2 is 2.12 bits per heavy atom. The zero-order valence-corrected chi connectivity index (χ0v) is 8.58. The standard InChI is InChI=1S/C11H13NO4/c13-7-15-11-10(9(14)6-12-11)16-8-4-2-1-3-5-8/h1-5,7,9-12,14H,6H2/t9-,10+,11+/m0/s1. The van der Waals surface area contributed by atoms with Gasteiger partial charge in [0.1, 0.15) is 11.9 Å². The molecule has 0 aromatic heterocycles. The van der Waals surface area contributed by atoms with Crippen molar-refractivity contribution < 1.29 is 19.4 Å². The lowest BCUT2D eigenvalue weighted by atomic mass is 10.2. The summed E-state index contributed by atoms with van der Waals surface area (Å²) in [6, 6.07) is 9.10. The highest BCUT2D eigenvalue weighted by atomic mass is 16.6. The largest absolute Gasteiger partial charge is 0.482 e. The Hall–Kier alpha value is -1.59. The van der Waals surface area contributed by atoms with Crippen molar-refractivity contribution >= 4 is 6.47 Å². The van der Waals surface area contributed by atoms with Gasteiger partial charge in [0.25, 0.3) is 6.47 Å². The second kappa shape index (κ2) is 4.96. The summed E-state index contributed by atoms with van der Waals surface area (Å²) in [5.74, 6) is 0.634. The Labute approximate surface area is 93.0 Å². The van der Waals surface area contributed by atoms with Crippen molar-refractivity contribution in [2.75, 3.05) is 6.54 Å². The van der Waals surface area contributed by atoms with Crippen LogP contribution in [0.1, 0.15) is 0 Å². The maximum atomic E-state index is 10.3. The van der Waals surface area contributed by atoms with Gasteiger partial charge in [-0.05, 0) is 12.1 Å². The molecule has 1 fully saturated rings. The molecule has 0 amide bonds.